The van der Waals surface area contributed by atoms with Gasteiger partial charge in [-0.15, -0.1) is 0 Å². The number of hydrogen-bond donors (Lipinski definition) is 1. The van der Waals surface area contributed by atoms with Crippen molar-refractivity contribution in [1.82, 2.24) is 5.32 Å². The van der Waals surface area contributed by atoms with Crippen molar-refractivity contribution in [2.24, 2.45) is 0 Å². The van der Waals surface area contributed by atoms with E-state index < -0.39 is 22.3 Å². The summed E-state index contributed by atoms with van der Waals surface area (Å²) in [6.45, 7) is 1.66. The Hall–Kier alpha value is -2.25. The summed E-state index contributed by atoms with van der Waals surface area (Å²) < 4.78 is 0.914. The van der Waals surface area contributed by atoms with Crippen LogP contribution in [0.1, 0.15) is 24.0 Å². The number of nitro groups is 1. The molecule has 26 heavy (non-hydrogen) atoms. The zero-order valence-corrected chi connectivity index (χ0v) is 16.0. The number of carbonyl (C=O) groups excluding carboxylic acids is 2. The number of Topliss-reactive ketones (excluding diaryl/α,β-unsaturated/α-hetero) is 1. The highest BCUT2D eigenvalue weighted by atomic mass is 79.9. The van der Waals surface area contributed by atoms with Crippen LogP contribution >= 0.6 is 27.5 Å². The van der Waals surface area contributed by atoms with E-state index in [-0.39, 0.29) is 22.1 Å². The number of non-ortho nitro benzene ring substituents is 1. The molecule has 1 saturated heterocycles. The quantitative estimate of drug-likeness (QED) is 0.448. The molecule has 1 aliphatic rings. The molecule has 6 nitrogen and oxygen atoms in total. The van der Waals surface area contributed by atoms with Gasteiger partial charge in [-0.25, -0.2) is 0 Å². The first-order chi connectivity index (χ1) is 12.2. The molecule has 0 saturated carbocycles. The number of nitrogens with zero attached hydrogens (tertiary/aromatic N) is 1. The molecule has 0 aromatic heterocycles. The van der Waals surface area contributed by atoms with Crippen molar-refractivity contribution in [1.29, 1.82) is 0 Å². The monoisotopic (exact) mass is 436 g/mol. The van der Waals surface area contributed by atoms with E-state index in [2.05, 4.69) is 21.2 Å². The summed E-state index contributed by atoms with van der Waals surface area (Å²) >= 11 is 9.29. The summed E-state index contributed by atoms with van der Waals surface area (Å²) in [6.07, 6.45) is 0.323. The van der Waals surface area contributed by atoms with Crippen LogP contribution in [0.3, 0.4) is 0 Å². The van der Waals surface area contributed by atoms with Gasteiger partial charge in [0.25, 0.3) is 5.69 Å². The van der Waals surface area contributed by atoms with Gasteiger partial charge in [-0.05, 0) is 36.2 Å². The Labute approximate surface area is 162 Å². The molecule has 3 rings (SSSR count). The van der Waals surface area contributed by atoms with Crippen LogP contribution in [0, 0.1) is 10.1 Å². The molecule has 2 atom stereocenters. The van der Waals surface area contributed by atoms with E-state index in [9.17, 15) is 19.7 Å². The second-order valence-corrected chi connectivity index (χ2v) is 7.77. The maximum atomic E-state index is 13.0. The zero-order valence-electron chi connectivity index (χ0n) is 13.7. The number of ketones is 1. The van der Waals surface area contributed by atoms with Crippen molar-refractivity contribution in [3.63, 3.8) is 0 Å². The fourth-order valence-corrected chi connectivity index (χ4v) is 3.66. The van der Waals surface area contributed by atoms with E-state index in [1.165, 1.54) is 18.2 Å². The van der Waals surface area contributed by atoms with Gasteiger partial charge in [0, 0.05) is 28.0 Å². The molecule has 0 radical (unpaired) electrons. The predicted octanol–water partition coefficient (Wildman–Crippen LogP) is 3.79. The van der Waals surface area contributed by atoms with Gasteiger partial charge in [0.1, 0.15) is 11.5 Å². The van der Waals surface area contributed by atoms with Gasteiger partial charge in [0.2, 0.25) is 5.91 Å². The Morgan fingerprint density at radius 3 is 2.50 bits per heavy atom. The SMILES string of the molecule is C[C@]1(Cc2ccc(Br)cc2)NC(=O)C(c2cc(Cl)cc([N+](=O)[O-])c2)C1=O. The van der Waals surface area contributed by atoms with Gasteiger partial charge >= 0.3 is 0 Å². The molecule has 1 fully saturated rings. The molecule has 1 heterocycles. The third-order valence-electron chi connectivity index (χ3n) is 4.39. The Kier molecular flexibility index (Phi) is 4.86. The Bertz CT molecular complexity index is 916. The molecule has 0 aliphatic carbocycles. The molecule has 0 spiro atoms. The number of nitrogens with one attached hydrogen (secondary N) is 1. The second-order valence-electron chi connectivity index (χ2n) is 6.42. The van der Waals surface area contributed by atoms with Crippen LogP contribution in [0.4, 0.5) is 5.69 Å². The van der Waals surface area contributed by atoms with Gasteiger partial charge in [0.05, 0.1) is 4.92 Å². The van der Waals surface area contributed by atoms with Crippen LogP contribution in [0.25, 0.3) is 0 Å². The fourth-order valence-electron chi connectivity index (χ4n) is 3.16. The van der Waals surface area contributed by atoms with E-state index in [0.717, 1.165) is 10.0 Å². The second kappa shape index (κ2) is 6.81. The lowest BCUT2D eigenvalue weighted by Gasteiger charge is -2.22. The highest BCUT2D eigenvalue weighted by Gasteiger charge is 2.50. The van der Waals surface area contributed by atoms with Crippen molar-refractivity contribution in [2.45, 2.75) is 24.8 Å². The summed E-state index contributed by atoms with van der Waals surface area (Å²) in [5, 5.41) is 13.9. The number of carbonyl (C=O) groups is 2. The van der Waals surface area contributed by atoms with Crippen molar-refractivity contribution in [3.05, 3.63) is 73.2 Å². The van der Waals surface area contributed by atoms with E-state index in [1.54, 1.807) is 6.92 Å². The van der Waals surface area contributed by atoms with Gasteiger partial charge in [-0.2, -0.15) is 0 Å². The van der Waals surface area contributed by atoms with Gasteiger partial charge in [-0.1, -0.05) is 39.7 Å². The minimum Gasteiger partial charge on any atom is -0.343 e. The molecule has 134 valence electrons. The molecule has 0 bridgehead atoms. The summed E-state index contributed by atoms with van der Waals surface area (Å²) in [7, 11) is 0. The van der Waals surface area contributed by atoms with Crippen LogP contribution in [0.2, 0.25) is 5.02 Å². The molecule has 1 N–H and O–H groups in total. The van der Waals surface area contributed by atoms with Crippen LogP contribution in [-0.4, -0.2) is 22.2 Å². The van der Waals surface area contributed by atoms with Crippen molar-refractivity contribution in [3.8, 4) is 0 Å². The average Bonchev–Trinajstić information content (AvgIpc) is 2.78. The normalized spacial score (nSPS) is 22.3. The molecule has 1 aliphatic heterocycles. The van der Waals surface area contributed by atoms with Gasteiger partial charge in [0.15, 0.2) is 5.78 Å². The maximum Gasteiger partial charge on any atom is 0.271 e. The van der Waals surface area contributed by atoms with Crippen LogP contribution < -0.4 is 5.32 Å². The van der Waals surface area contributed by atoms with Crippen molar-refractivity contribution >= 4 is 44.9 Å². The third kappa shape index (κ3) is 3.50. The topological polar surface area (TPSA) is 89.3 Å². The van der Waals surface area contributed by atoms with E-state index >= 15 is 0 Å². The molecule has 1 amide bonds. The Morgan fingerprint density at radius 2 is 1.88 bits per heavy atom. The lowest BCUT2D eigenvalue weighted by Crippen LogP contribution is -2.45. The summed E-state index contributed by atoms with van der Waals surface area (Å²) in [5.41, 5.74) is -0.227. The number of hydrogen-bond acceptors (Lipinski definition) is 4. The smallest absolute Gasteiger partial charge is 0.271 e. The number of nitro benzene ring substituents is 1. The number of amides is 1. The van der Waals surface area contributed by atoms with Gasteiger partial charge < -0.3 is 5.32 Å². The van der Waals surface area contributed by atoms with E-state index in [4.69, 9.17) is 11.6 Å². The van der Waals surface area contributed by atoms with Crippen LogP contribution in [-0.2, 0) is 16.0 Å². The molecular formula is C18H14BrClN2O4. The van der Waals surface area contributed by atoms with E-state index in [0.29, 0.717) is 6.42 Å². The summed E-state index contributed by atoms with van der Waals surface area (Å²) in [5.74, 6) is -1.93. The minimum absolute atomic E-state index is 0.108. The van der Waals surface area contributed by atoms with E-state index in [1.807, 2.05) is 24.3 Å². The maximum absolute atomic E-state index is 13.0. The minimum atomic E-state index is -1.12. The number of halogens is 2. The lowest BCUT2D eigenvalue weighted by molar-refractivity contribution is -0.384. The molecule has 8 heteroatoms. The summed E-state index contributed by atoms with van der Waals surface area (Å²) in [6, 6.07) is 11.3. The largest absolute Gasteiger partial charge is 0.343 e. The molecule has 1 unspecified atom stereocenters. The number of benzene rings is 2. The third-order valence-corrected chi connectivity index (χ3v) is 5.13. The molecule has 2 aromatic rings. The van der Waals surface area contributed by atoms with Crippen LogP contribution in [0.5, 0.6) is 0 Å². The highest BCUT2D eigenvalue weighted by molar-refractivity contribution is 9.10. The van der Waals surface area contributed by atoms with Gasteiger partial charge in [-0.3, -0.25) is 19.7 Å². The zero-order chi connectivity index (χ0) is 19.1. The highest BCUT2D eigenvalue weighted by Crippen LogP contribution is 2.35. The standard InChI is InChI=1S/C18H14BrClN2O4/c1-18(9-10-2-4-12(19)5-3-10)16(23)15(17(24)21-18)11-6-13(20)8-14(7-11)22(25)26/h2-8,15H,9H2,1H3,(H,21,24)/t15?,18-/m1/s1. The molecular weight excluding hydrogens is 424 g/mol. The van der Waals surface area contributed by atoms with Crippen LogP contribution in [0.15, 0.2) is 46.9 Å². The first-order valence-electron chi connectivity index (χ1n) is 7.75. The fraction of sp³-hybridized carbons (Fsp3) is 0.222. The lowest BCUT2D eigenvalue weighted by atomic mass is 9.84. The first-order valence-corrected chi connectivity index (χ1v) is 8.92. The number of rotatable bonds is 4. The first kappa shape index (κ1) is 18.5. The predicted molar refractivity (Wildman–Crippen MR) is 100 cm³/mol. The van der Waals surface area contributed by atoms with Crippen molar-refractivity contribution < 1.29 is 14.5 Å². The molecule has 2 aromatic carbocycles. The Morgan fingerprint density at radius 1 is 1.23 bits per heavy atom. The van der Waals surface area contributed by atoms with Crippen molar-refractivity contribution in [2.75, 3.05) is 0 Å². The summed E-state index contributed by atoms with van der Waals surface area (Å²) in [4.78, 5) is 35.9. The Balaban J connectivity index is 1.94. The average molecular weight is 438 g/mol.